The van der Waals surface area contributed by atoms with Crippen molar-refractivity contribution in [2.24, 2.45) is 5.92 Å². The van der Waals surface area contributed by atoms with Crippen molar-refractivity contribution in [3.63, 3.8) is 0 Å². The van der Waals surface area contributed by atoms with Crippen molar-refractivity contribution in [1.29, 1.82) is 0 Å². The van der Waals surface area contributed by atoms with Crippen LogP contribution in [-0.2, 0) is 20.7 Å². The van der Waals surface area contributed by atoms with Crippen LogP contribution < -0.4 is 0 Å². The van der Waals surface area contributed by atoms with E-state index in [0.717, 1.165) is 35.1 Å². The SMILES string of the molecule is COC(=O)C1CC(=O)n2c3c(c4ccccc42)CCN(CCC(C)=O)C31. The fourth-order valence-electron chi connectivity index (χ4n) is 4.49. The highest BCUT2D eigenvalue weighted by molar-refractivity contribution is 5.99. The van der Waals surface area contributed by atoms with E-state index in [4.69, 9.17) is 4.74 Å². The van der Waals surface area contributed by atoms with Crippen molar-refractivity contribution >= 4 is 28.6 Å². The number of Topliss-reactive ketones (excluding diaryl/α,β-unsaturated/α-hetero) is 1. The molecule has 0 saturated heterocycles. The summed E-state index contributed by atoms with van der Waals surface area (Å²) in [7, 11) is 1.36. The monoisotopic (exact) mass is 354 g/mol. The minimum Gasteiger partial charge on any atom is -0.469 e. The predicted molar refractivity (Wildman–Crippen MR) is 96.0 cm³/mol. The number of hydrogen-bond acceptors (Lipinski definition) is 5. The third-order valence-corrected chi connectivity index (χ3v) is 5.62. The average Bonchev–Trinajstić information content (AvgIpc) is 2.98. The maximum atomic E-state index is 12.9. The highest BCUT2D eigenvalue weighted by Crippen LogP contribution is 2.45. The summed E-state index contributed by atoms with van der Waals surface area (Å²) < 4.78 is 6.79. The van der Waals surface area contributed by atoms with Gasteiger partial charge in [0, 0.05) is 37.0 Å². The highest BCUT2D eigenvalue weighted by Gasteiger charge is 2.46. The second kappa shape index (κ2) is 6.36. The number of hydrogen-bond donors (Lipinski definition) is 0. The summed E-state index contributed by atoms with van der Waals surface area (Å²) in [6, 6.07) is 7.68. The number of benzene rings is 1. The minimum absolute atomic E-state index is 0.0671. The van der Waals surface area contributed by atoms with Crippen LogP contribution in [-0.4, -0.2) is 47.3 Å². The van der Waals surface area contributed by atoms with Crippen LogP contribution in [0.3, 0.4) is 0 Å². The molecule has 1 aromatic heterocycles. The molecule has 4 rings (SSSR count). The van der Waals surface area contributed by atoms with Gasteiger partial charge in [-0.2, -0.15) is 0 Å². The molecule has 2 aliphatic heterocycles. The van der Waals surface area contributed by atoms with E-state index in [-0.39, 0.29) is 30.1 Å². The van der Waals surface area contributed by atoms with Gasteiger partial charge >= 0.3 is 5.97 Å². The molecule has 0 spiro atoms. The van der Waals surface area contributed by atoms with Crippen LogP contribution >= 0.6 is 0 Å². The molecule has 26 heavy (non-hydrogen) atoms. The van der Waals surface area contributed by atoms with Crippen LogP contribution in [0.5, 0.6) is 0 Å². The van der Waals surface area contributed by atoms with Crippen LogP contribution in [0.4, 0.5) is 0 Å². The summed E-state index contributed by atoms with van der Waals surface area (Å²) in [6.45, 7) is 2.93. The fraction of sp³-hybridized carbons (Fsp3) is 0.450. The van der Waals surface area contributed by atoms with Gasteiger partial charge in [-0.15, -0.1) is 0 Å². The number of para-hydroxylation sites is 1. The molecule has 0 fully saturated rings. The van der Waals surface area contributed by atoms with Gasteiger partial charge in [0.2, 0.25) is 5.91 Å². The predicted octanol–water partition coefficient (Wildman–Crippen LogP) is 2.35. The topological polar surface area (TPSA) is 68.6 Å². The van der Waals surface area contributed by atoms with E-state index in [1.165, 1.54) is 7.11 Å². The first-order chi connectivity index (χ1) is 12.5. The van der Waals surface area contributed by atoms with Crippen LogP contribution in [0.2, 0.25) is 0 Å². The summed E-state index contributed by atoms with van der Waals surface area (Å²) >= 11 is 0. The summed E-state index contributed by atoms with van der Waals surface area (Å²) in [4.78, 5) is 39.0. The van der Waals surface area contributed by atoms with Crippen LogP contribution in [0.15, 0.2) is 24.3 Å². The Hall–Kier alpha value is -2.47. The maximum Gasteiger partial charge on any atom is 0.311 e. The molecule has 0 aliphatic carbocycles. The summed E-state index contributed by atoms with van der Waals surface area (Å²) in [5.74, 6) is -0.837. The largest absolute Gasteiger partial charge is 0.469 e. The molecule has 2 atom stereocenters. The van der Waals surface area contributed by atoms with Gasteiger partial charge in [0.25, 0.3) is 0 Å². The Balaban J connectivity index is 1.89. The van der Waals surface area contributed by atoms with E-state index in [9.17, 15) is 14.4 Å². The first kappa shape index (κ1) is 17.0. The molecule has 2 aromatic rings. The van der Waals surface area contributed by atoms with E-state index >= 15 is 0 Å². The molecule has 2 aliphatic rings. The minimum atomic E-state index is -0.532. The molecule has 0 bridgehead atoms. The average molecular weight is 354 g/mol. The van der Waals surface area contributed by atoms with Gasteiger partial charge in [-0.1, -0.05) is 18.2 Å². The summed E-state index contributed by atoms with van der Waals surface area (Å²) in [6.07, 6.45) is 1.37. The van der Waals surface area contributed by atoms with E-state index in [1.807, 2.05) is 24.3 Å². The number of fused-ring (bicyclic) bond motifs is 3. The Labute approximate surface area is 151 Å². The third kappa shape index (κ3) is 2.48. The number of aromatic nitrogens is 1. The molecule has 3 heterocycles. The standard InChI is InChI=1S/C20H22N2O4/c1-12(23)7-9-21-10-8-14-13-5-3-4-6-16(13)22-17(24)11-15(20(25)26-2)18(21)19(14)22/h3-6,15,18H,7-11H2,1-2H3. The molecule has 136 valence electrons. The van der Waals surface area contributed by atoms with Gasteiger partial charge in [0.1, 0.15) is 5.78 Å². The Morgan fingerprint density at radius 1 is 1.27 bits per heavy atom. The lowest BCUT2D eigenvalue weighted by molar-refractivity contribution is -0.148. The number of ketones is 1. The molecule has 6 heteroatoms. The van der Waals surface area contributed by atoms with Gasteiger partial charge in [0.15, 0.2) is 0 Å². The molecule has 6 nitrogen and oxygen atoms in total. The fourth-order valence-corrected chi connectivity index (χ4v) is 4.49. The van der Waals surface area contributed by atoms with Gasteiger partial charge in [0.05, 0.1) is 24.6 Å². The van der Waals surface area contributed by atoms with Crippen LogP contribution in [0, 0.1) is 5.92 Å². The lowest BCUT2D eigenvalue weighted by Gasteiger charge is -2.42. The van der Waals surface area contributed by atoms with Crippen molar-refractivity contribution < 1.29 is 19.1 Å². The highest BCUT2D eigenvalue weighted by atomic mass is 16.5. The smallest absolute Gasteiger partial charge is 0.311 e. The summed E-state index contributed by atoms with van der Waals surface area (Å²) in [5, 5.41) is 1.08. The Kier molecular flexibility index (Phi) is 4.15. The van der Waals surface area contributed by atoms with Gasteiger partial charge < -0.3 is 4.74 Å². The van der Waals surface area contributed by atoms with Crippen molar-refractivity contribution in [1.82, 2.24) is 9.47 Å². The van der Waals surface area contributed by atoms with E-state index in [0.29, 0.717) is 13.0 Å². The zero-order valence-corrected chi connectivity index (χ0v) is 15.0. The molecule has 1 aromatic carbocycles. The zero-order valence-electron chi connectivity index (χ0n) is 15.0. The number of methoxy groups -OCH3 is 1. The number of ether oxygens (including phenoxy) is 1. The number of nitrogens with zero attached hydrogens (tertiary/aromatic N) is 2. The third-order valence-electron chi connectivity index (χ3n) is 5.62. The van der Waals surface area contributed by atoms with Crippen molar-refractivity contribution in [3.05, 3.63) is 35.5 Å². The molecule has 2 unspecified atom stereocenters. The molecular weight excluding hydrogens is 332 g/mol. The molecule has 0 saturated carbocycles. The quantitative estimate of drug-likeness (QED) is 0.789. The van der Waals surface area contributed by atoms with E-state index in [1.54, 1.807) is 11.5 Å². The number of carbonyl (C=O) groups excluding carboxylic acids is 3. The van der Waals surface area contributed by atoms with Crippen LogP contribution in [0.1, 0.15) is 41.9 Å². The van der Waals surface area contributed by atoms with Gasteiger partial charge in [-0.25, -0.2) is 0 Å². The number of rotatable bonds is 4. The van der Waals surface area contributed by atoms with Crippen molar-refractivity contribution in [3.8, 4) is 0 Å². The van der Waals surface area contributed by atoms with E-state index in [2.05, 4.69) is 4.90 Å². The Bertz CT molecular complexity index is 914. The summed E-state index contributed by atoms with van der Waals surface area (Å²) in [5.41, 5.74) is 2.96. The van der Waals surface area contributed by atoms with Gasteiger partial charge in [-0.3, -0.25) is 23.9 Å². The zero-order chi connectivity index (χ0) is 18.4. The Morgan fingerprint density at radius 3 is 2.77 bits per heavy atom. The Morgan fingerprint density at radius 2 is 2.04 bits per heavy atom. The number of esters is 1. The van der Waals surface area contributed by atoms with Crippen molar-refractivity contribution in [2.45, 2.75) is 32.2 Å². The van der Waals surface area contributed by atoms with Crippen LogP contribution in [0.25, 0.3) is 10.9 Å². The molecule has 0 amide bonds. The van der Waals surface area contributed by atoms with E-state index < -0.39 is 5.92 Å². The lowest BCUT2D eigenvalue weighted by Crippen LogP contribution is -2.47. The first-order valence-electron chi connectivity index (χ1n) is 8.99. The molecular formula is C20H22N2O4. The second-order valence-electron chi connectivity index (χ2n) is 7.13. The number of carbonyl (C=O) groups is 3. The second-order valence-corrected chi connectivity index (χ2v) is 7.13. The lowest BCUT2D eigenvalue weighted by atomic mass is 9.83. The maximum absolute atomic E-state index is 12.9. The molecule has 0 radical (unpaired) electrons. The molecule has 0 N–H and O–H groups in total. The van der Waals surface area contributed by atoms with Gasteiger partial charge in [-0.05, 0) is 25.0 Å². The normalized spacial score (nSPS) is 22.3. The first-order valence-corrected chi connectivity index (χ1v) is 8.99. The van der Waals surface area contributed by atoms with Crippen molar-refractivity contribution in [2.75, 3.05) is 20.2 Å².